The summed E-state index contributed by atoms with van der Waals surface area (Å²) >= 11 is 6.00. The highest BCUT2D eigenvalue weighted by Crippen LogP contribution is 2.17. The van der Waals surface area contributed by atoms with Crippen LogP contribution in [0.3, 0.4) is 0 Å². The Balaban J connectivity index is 2.15. The highest BCUT2D eigenvalue weighted by molar-refractivity contribution is 6.33. The van der Waals surface area contributed by atoms with E-state index >= 15 is 0 Å². The molecule has 0 atom stereocenters. The van der Waals surface area contributed by atoms with Crippen LogP contribution in [0.4, 0.5) is 0 Å². The molecular weight excluding hydrogens is 278 g/mol. The van der Waals surface area contributed by atoms with Crippen molar-refractivity contribution in [3.8, 4) is 0 Å². The molecule has 0 radical (unpaired) electrons. The Labute approximate surface area is 122 Å². The molecule has 1 amide bonds. The van der Waals surface area contributed by atoms with Crippen molar-refractivity contribution in [1.82, 2.24) is 24.5 Å². The molecule has 2 aromatic rings. The van der Waals surface area contributed by atoms with Gasteiger partial charge in [0.25, 0.3) is 5.91 Å². The fourth-order valence-electron chi connectivity index (χ4n) is 1.99. The first-order chi connectivity index (χ1) is 9.42. The molecule has 0 aliphatic heterocycles. The summed E-state index contributed by atoms with van der Waals surface area (Å²) in [6, 6.07) is 0. The summed E-state index contributed by atoms with van der Waals surface area (Å²) in [6.45, 7) is 5.26. The van der Waals surface area contributed by atoms with Crippen LogP contribution in [-0.2, 0) is 20.1 Å². The number of aryl methyl sites for hydroxylation is 3. The highest BCUT2D eigenvalue weighted by Gasteiger charge is 2.20. The topological polar surface area (TPSA) is 56.0 Å². The molecule has 6 nitrogen and oxygen atoms in total. The van der Waals surface area contributed by atoms with Crippen LogP contribution >= 0.6 is 11.6 Å². The first kappa shape index (κ1) is 14.6. The Kier molecular flexibility index (Phi) is 4.13. The largest absolute Gasteiger partial charge is 0.336 e. The number of carbonyl (C=O) groups is 1. The quantitative estimate of drug-likeness (QED) is 0.865. The molecule has 7 heteroatoms. The molecule has 0 aliphatic carbocycles. The lowest BCUT2D eigenvalue weighted by molar-refractivity contribution is 0.0778. The highest BCUT2D eigenvalue weighted by atomic mass is 35.5. The molecule has 0 spiro atoms. The molecule has 0 bridgehead atoms. The molecule has 0 unspecified atom stereocenters. The van der Waals surface area contributed by atoms with Gasteiger partial charge >= 0.3 is 0 Å². The Morgan fingerprint density at radius 2 is 2.10 bits per heavy atom. The van der Waals surface area contributed by atoms with Gasteiger partial charge in [0.15, 0.2) is 5.69 Å². The molecule has 0 saturated carbocycles. The third-order valence-electron chi connectivity index (χ3n) is 3.11. The first-order valence-electron chi connectivity index (χ1n) is 6.40. The van der Waals surface area contributed by atoms with Gasteiger partial charge in [-0.2, -0.15) is 10.2 Å². The fraction of sp³-hybridized carbons (Fsp3) is 0.462. The zero-order valence-corrected chi connectivity index (χ0v) is 12.8. The van der Waals surface area contributed by atoms with Crippen LogP contribution < -0.4 is 0 Å². The van der Waals surface area contributed by atoms with Crippen molar-refractivity contribution in [2.24, 2.45) is 7.05 Å². The number of amides is 1. The van der Waals surface area contributed by atoms with Crippen molar-refractivity contribution in [2.75, 3.05) is 7.05 Å². The van der Waals surface area contributed by atoms with Crippen LogP contribution in [0.2, 0.25) is 5.02 Å². The molecule has 108 valence electrons. The van der Waals surface area contributed by atoms with Crippen LogP contribution in [0.25, 0.3) is 0 Å². The van der Waals surface area contributed by atoms with Gasteiger partial charge in [0.05, 0.1) is 10.7 Å². The minimum absolute atomic E-state index is 0.195. The maximum atomic E-state index is 12.3. The van der Waals surface area contributed by atoms with E-state index in [2.05, 4.69) is 10.2 Å². The Morgan fingerprint density at radius 1 is 1.40 bits per heavy atom. The SMILES string of the molecule is CCn1cc(CN(C)C(=O)c2nn(C)cc2Cl)c(C)n1. The van der Waals surface area contributed by atoms with E-state index in [0.29, 0.717) is 11.6 Å². The molecule has 0 N–H and O–H groups in total. The van der Waals surface area contributed by atoms with E-state index in [-0.39, 0.29) is 11.6 Å². The molecule has 0 fully saturated rings. The van der Waals surface area contributed by atoms with Gasteiger partial charge in [-0.1, -0.05) is 11.6 Å². The molecule has 0 saturated heterocycles. The maximum Gasteiger partial charge on any atom is 0.275 e. The number of hydrogen-bond acceptors (Lipinski definition) is 3. The fourth-order valence-corrected chi connectivity index (χ4v) is 2.25. The van der Waals surface area contributed by atoms with Crippen molar-refractivity contribution in [2.45, 2.75) is 26.9 Å². The van der Waals surface area contributed by atoms with E-state index in [1.54, 1.807) is 25.2 Å². The van der Waals surface area contributed by atoms with Crippen molar-refractivity contribution in [3.05, 3.63) is 34.4 Å². The molecule has 20 heavy (non-hydrogen) atoms. The summed E-state index contributed by atoms with van der Waals surface area (Å²) in [7, 11) is 3.47. The molecule has 2 aromatic heterocycles. The number of nitrogens with zero attached hydrogens (tertiary/aromatic N) is 5. The normalized spacial score (nSPS) is 10.8. The smallest absolute Gasteiger partial charge is 0.275 e. The van der Waals surface area contributed by atoms with Gasteiger partial charge in [-0.15, -0.1) is 0 Å². The second-order valence-electron chi connectivity index (χ2n) is 4.76. The predicted molar refractivity (Wildman–Crippen MR) is 76.7 cm³/mol. The number of hydrogen-bond donors (Lipinski definition) is 0. The summed E-state index contributed by atoms with van der Waals surface area (Å²) < 4.78 is 3.39. The van der Waals surface area contributed by atoms with Gasteiger partial charge < -0.3 is 4.90 Å². The van der Waals surface area contributed by atoms with Crippen LogP contribution in [0.1, 0.15) is 28.7 Å². The van der Waals surface area contributed by atoms with Gasteiger partial charge in [0.1, 0.15) is 0 Å². The van der Waals surface area contributed by atoms with Crippen molar-refractivity contribution >= 4 is 17.5 Å². The van der Waals surface area contributed by atoms with Gasteiger partial charge in [-0.05, 0) is 13.8 Å². The van der Waals surface area contributed by atoms with Crippen LogP contribution in [-0.4, -0.2) is 37.4 Å². The van der Waals surface area contributed by atoms with Gasteiger partial charge in [0, 0.05) is 45.1 Å². The van der Waals surface area contributed by atoms with Gasteiger partial charge in [-0.25, -0.2) is 0 Å². The van der Waals surface area contributed by atoms with E-state index in [4.69, 9.17) is 11.6 Å². The van der Waals surface area contributed by atoms with Crippen LogP contribution in [0.5, 0.6) is 0 Å². The lowest BCUT2D eigenvalue weighted by atomic mass is 10.2. The molecular formula is C13H18ClN5O. The average molecular weight is 296 g/mol. The minimum Gasteiger partial charge on any atom is -0.336 e. The second-order valence-corrected chi connectivity index (χ2v) is 5.16. The van der Waals surface area contributed by atoms with Crippen molar-refractivity contribution in [3.63, 3.8) is 0 Å². The van der Waals surface area contributed by atoms with E-state index in [0.717, 1.165) is 17.8 Å². The Hall–Kier alpha value is -1.82. The first-order valence-corrected chi connectivity index (χ1v) is 6.77. The minimum atomic E-state index is -0.195. The summed E-state index contributed by atoms with van der Waals surface area (Å²) in [5.74, 6) is -0.195. The summed E-state index contributed by atoms with van der Waals surface area (Å²) in [4.78, 5) is 13.9. The lowest BCUT2D eigenvalue weighted by Gasteiger charge is -2.15. The standard InChI is InChI=1S/C13H18ClN5O/c1-5-19-7-10(9(2)15-19)6-17(3)13(20)12-11(14)8-18(4)16-12/h7-8H,5-6H2,1-4H3. The number of halogens is 1. The van der Waals surface area contributed by atoms with Crippen molar-refractivity contribution < 1.29 is 4.79 Å². The van der Waals surface area contributed by atoms with E-state index in [1.807, 2.05) is 24.7 Å². The summed E-state index contributed by atoms with van der Waals surface area (Å²) in [5, 5.41) is 8.82. The summed E-state index contributed by atoms with van der Waals surface area (Å²) in [6.07, 6.45) is 3.57. The Morgan fingerprint density at radius 3 is 2.60 bits per heavy atom. The number of aromatic nitrogens is 4. The third kappa shape index (κ3) is 2.85. The van der Waals surface area contributed by atoms with Crippen LogP contribution in [0.15, 0.2) is 12.4 Å². The third-order valence-corrected chi connectivity index (χ3v) is 3.39. The van der Waals surface area contributed by atoms with Crippen molar-refractivity contribution in [1.29, 1.82) is 0 Å². The monoisotopic (exact) mass is 295 g/mol. The number of carbonyl (C=O) groups excluding carboxylic acids is 1. The molecule has 0 aromatic carbocycles. The Bertz CT molecular complexity index is 631. The van der Waals surface area contributed by atoms with E-state index < -0.39 is 0 Å². The number of rotatable bonds is 4. The zero-order chi connectivity index (χ0) is 14.9. The maximum absolute atomic E-state index is 12.3. The molecule has 2 heterocycles. The van der Waals surface area contributed by atoms with Gasteiger partial charge in [0.2, 0.25) is 0 Å². The average Bonchev–Trinajstić information content (AvgIpc) is 2.91. The molecule has 0 aliphatic rings. The zero-order valence-electron chi connectivity index (χ0n) is 12.1. The molecule has 2 rings (SSSR count). The van der Waals surface area contributed by atoms with E-state index in [1.165, 1.54) is 4.68 Å². The summed E-state index contributed by atoms with van der Waals surface area (Å²) in [5.41, 5.74) is 2.23. The van der Waals surface area contributed by atoms with Gasteiger partial charge in [-0.3, -0.25) is 14.2 Å². The van der Waals surface area contributed by atoms with Crippen LogP contribution in [0, 0.1) is 6.92 Å². The predicted octanol–water partition coefficient (Wildman–Crippen LogP) is 1.87. The van der Waals surface area contributed by atoms with E-state index in [9.17, 15) is 4.79 Å². The lowest BCUT2D eigenvalue weighted by Crippen LogP contribution is -2.27. The second kappa shape index (κ2) is 5.66.